The number of hydrogen-bond acceptors (Lipinski definition) is 3. The molecule has 18 heavy (non-hydrogen) atoms. The van der Waals surface area contributed by atoms with Gasteiger partial charge in [0.15, 0.2) is 0 Å². The van der Waals surface area contributed by atoms with Gasteiger partial charge in [-0.2, -0.15) is 11.8 Å². The summed E-state index contributed by atoms with van der Waals surface area (Å²) in [5.74, 6) is 0.336. The Balaban J connectivity index is 2.62. The van der Waals surface area contributed by atoms with Crippen molar-refractivity contribution >= 4 is 11.8 Å². The first-order valence-electron chi connectivity index (χ1n) is 6.64. The van der Waals surface area contributed by atoms with Crippen LogP contribution in [0.4, 0.5) is 0 Å². The van der Waals surface area contributed by atoms with E-state index in [1.54, 1.807) is 6.07 Å². The predicted octanol–water partition coefficient (Wildman–Crippen LogP) is 3.96. The molecule has 1 atom stereocenters. The molecule has 0 fully saturated rings. The van der Waals surface area contributed by atoms with Crippen LogP contribution in [0.25, 0.3) is 0 Å². The second-order valence-corrected chi connectivity index (χ2v) is 6.07. The van der Waals surface area contributed by atoms with Crippen molar-refractivity contribution in [3.05, 3.63) is 29.8 Å². The number of rotatable bonds is 7. The van der Waals surface area contributed by atoms with E-state index in [-0.39, 0.29) is 6.04 Å². The van der Waals surface area contributed by atoms with E-state index in [9.17, 15) is 5.11 Å². The SMILES string of the molecule is CCC(CC)(CNC(C)c1cccc(O)c1)SC. The normalized spacial score (nSPS) is 13.6. The van der Waals surface area contributed by atoms with E-state index in [0.29, 0.717) is 10.5 Å². The monoisotopic (exact) mass is 267 g/mol. The highest BCUT2D eigenvalue weighted by Crippen LogP contribution is 2.30. The van der Waals surface area contributed by atoms with Gasteiger partial charge >= 0.3 is 0 Å². The summed E-state index contributed by atoms with van der Waals surface area (Å²) in [6, 6.07) is 7.75. The summed E-state index contributed by atoms with van der Waals surface area (Å²) in [6.45, 7) is 7.64. The van der Waals surface area contributed by atoms with Crippen LogP contribution in [-0.4, -0.2) is 22.7 Å². The number of phenolic OH excluding ortho intramolecular Hbond substituents is 1. The minimum Gasteiger partial charge on any atom is -0.508 e. The van der Waals surface area contributed by atoms with Crippen LogP contribution in [0.1, 0.15) is 45.2 Å². The average molecular weight is 267 g/mol. The van der Waals surface area contributed by atoms with Gasteiger partial charge in [0.1, 0.15) is 5.75 Å². The van der Waals surface area contributed by atoms with Crippen molar-refractivity contribution in [3.63, 3.8) is 0 Å². The van der Waals surface area contributed by atoms with Gasteiger partial charge in [0.2, 0.25) is 0 Å². The minimum absolute atomic E-state index is 0.265. The number of benzene rings is 1. The zero-order chi connectivity index (χ0) is 13.6. The van der Waals surface area contributed by atoms with Gasteiger partial charge < -0.3 is 10.4 Å². The first kappa shape index (κ1) is 15.4. The van der Waals surface area contributed by atoms with E-state index in [4.69, 9.17) is 0 Å². The van der Waals surface area contributed by atoms with E-state index < -0.39 is 0 Å². The van der Waals surface area contributed by atoms with Gasteiger partial charge in [-0.05, 0) is 43.7 Å². The van der Waals surface area contributed by atoms with Crippen LogP contribution >= 0.6 is 11.8 Å². The second kappa shape index (κ2) is 7.05. The second-order valence-electron chi connectivity index (χ2n) is 4.79. The maximum Gasteiger partial charge on any atom is 0.115 e. The Morgan fingerprint density at radius 1 is 1.33 bits per heavy atom. The van der Waals surface area contributed by atoms with E-state index in [0.717, 1.165) is 12.1 Å². The molecule has 0 aliphatic heterocycles. The van der Waals surface area contributed by atoms with Gasteiger partial charge in [0.25, 0.3) is 0 Å². The molecule has 0 saturated heterocycles. The third kappa shape index (κ3) is 3.92. The molecule has 102 valence electrons. The van der Waals surface area contributed by atoms with Crippen molar-refractivity contribution in [1.29, 1.82) is 0 Å². The highest BCUT2D eigenvalue weighted by molar-refractivity contribution is 8.00. The van der Waals surface area contributed by atoms with Crippen molar-refractivity contribution in [2.24, 2.45) is 0 Å². The van der Waals surface area contributed by atoms with Gasteiger partial charge in [-0.15, -0.1) is 0 Å². The minimum atomic E-state index is 0.265. The lowest BCUT2D eigenvalue weighted by Gasteiger charge is -2.31. The fourth-order valence-electron chi connectivity index (χ4n) is 2.11. The topological polar surface area (TPSA) is 32.3 Å². The first-order valence-corrected chi connectivity index (χ1v) is 7.87. The van der Waals surface area contributed by atoms with Gasteiger partial charge in [-0.25, -0.2) is 0 Å². The Hall–Kier alpha value is -0.670. The Morgan fingerprint density at radius 2 is 2.00 bits per heavy atom. The Labute approximate surface area is 115 Å². The number of hydrogen-bond donors (Lipinski definition) is 2. The molecule has 2 N–H and O–H groups in total. The number of nitrogens with one attached hydrogen (secondary N) is 1. The Kier molecular flexibility index (Phi) is 6.03. The summed E-state index contributed by atoms with van der Waals surface area (Å²) in [5, 5.41) is 13.1. The van der Waals surface area contributed by atoms with Crippen LogP contribution in [0.3, 0.4) is 0 Å². The molecular formula is C15H25NOS. The van der Waals surface area contributed by atoms with Crippen LogP contribution in [0.15, 0.2) is 24.3 Å². The van der Waals surface area contributed by atoms with Crippen LogP contribution in [0.2, 0.25) is 0 Å². The standard InChI is InChI=1S/C15H25NOS/c1-5-15(6-2,18-4)11-16-12(3)13-8-7-9-14(17)10-13/h7-10,12,16-17H,5-6,11H2,1-4H3. The molecule has 1 aromatic rings. The summed E-state index contributed by atoms with van der Waals surface area (Å²) in [6.07, 6.45) is 4.53. The first-order chi connectivity index (χ1) is 8.56. The molecule has 1 rings (SSSR count). The molecule has 0 aliphatic carbocycles. The molecule has 0 spiro atoms. The van der Waals surface area contributed by atoms with Crippen molar-refractivity contribution in [3.8, 4) is 5.75 Å². The number of thioether (sulfide) groups is 1. The summed E-state index contributed by atoms with van der Waals surface area (Å²) >= 11 is 1.95. The van der Waals surface area contributed by atoms with Crippen LogP contribution in [-0.2, 0) is 0 Å². The molecule has 1 aromatic carbocycles. The van der Waals surface area contributed by atoms with Gasteiger partial charge in [-0.3, -0.25) is 0 Å². The van der Waals surface area contributed by atoms with Crippen molar-refractivity contribution in [2.45, 2.75) is 44.4 Å². The van der Waals surface area contributed by atoms with E-state index in [2.05, 4.69) is 38.4 Å². The fraction of sp³-hybridized carbons (Fsp3) is 0.600. The largest absolute Gasteiger partial charge is 0.508 e. The molecular weight excluding hydrogens is 242 g/mol. The van der Waals surface area contributed by atoms with Crippen LogP contribution in [0, 0.1) is 0 Å². The molecule has 0 saturated carbocycles. The predicted molar refractivity (Wildman–Crippen MR) is 81.4 cm³/mol. The van der Waals surface area contributed by atoms with Crippen LogP contribution in [0.5, 0.6) is 5.75 Å². The molecule has 0 bridgehead atoms. The summed E-state index contributed by atoms with van der Waals surface area (Å²) in [7, 11) is 0. The van der Waals surface area contributed by atoms with Gasteiger partial charge in [0.05, 0.1) is 0 Å². The smallest absolute Gasteiger partial charge is 0.115 e. The van der Waals surface area contributed by atoms with Gasteiger partial charge in [0, 0.05) is 17.3 Å². The molecule has 2 nitrogen and oxygen atoms in total. The number of phenols is 1. The third-order valence-corrected chi connectivity index (χ3v) is 5.41. The third-order valence-electron chi connectivity index (χ3n) is 3.82. The van der Waals surface area contributed by atoms with E-state index >= 15 is 0 Å². The zero-order valence-corrected chi connectivity index (χ0v) is 12.7. The summed E-state index contributed by atoms with van der Waals surface area (Å²) in [5.41, 5.74) is 1.14. The van der Waals surface area contributed by atoms with Crippen molar-refractivity contribution in [1.82, 2.24) is 5.32 Å². The van der Waals surface area contributed by atoms with Crippen LogP contribution < -0.4 is 5.32 Å². The molecule has 0 heterocycles. The molecule has 0 aromatic heterocycles. The Morgan fingerprint density at radius 3 is 2.50 bits per heavy atom. The van der Waals surface area contributed by atoms with Crippen molar-refractivity contribution < 1.29 is 5.11 Å². The Bertz CT molecular complexity index is 355. The zero-order valence-electron chi connectivity index (χ0n) is 11.9. The summed E-state index contributed by atoms with van der Waals surface area (Å²) < 4.78 is 0.324. The lowest BCUT2D eigenvalue weighted by Crippen LogP contribution is -2.37. The molecule has 0 amide bonds. The molecule has 0 aliphatic rings. The fourth-order valence-corrected chi connectivity index (χ4v) is 2.92. The highest BCUT2D eigenvalue weighted by atomic mass is 32.2. The average Bonchev–Trinajstić information content (AvgIpc) is 2.40. The maximum absolute atomic E-state index is 9.50. The molecule has 3 heteroatoms. The molecule has 1 unspecified atom stereocenters. The van der Waals surface area contributed by atoms with Crippen molar-refractivity contribution in [2.75, 3.05) is 12.8 Å². The van der Waals surface area contributed by atoms with E-state index in [1.807, 2.05) is 23.9 Å². The maximum atomic E-state index is 9.50. The van der Waals surface area contributed by atoms with E-state index in [1.165, 1.54) is 12.8 Å². The number of aromatic hydroxyl groups is 1. The highest BCUT2D eigenvalue weighted by Gasteiger charge is 2.25. The summed E-state index contributed by atoms with van der Waals surface area (Å²) in [4.78, 5) is 0. The van der Waals surface area contributed by atoms with Gasteiger partial charge in [-0.1, -0.05) is 26.0 Å². The lowest BCUT2D eigenvalue weighted by atomic mass is 10.0. The lowest BCUT2D eigenvalue weighted by molar-refractivity contribution is 0.454. The quantitative estimate of drug-likeness (QED) is 0.784. The molecule has 0 radical (unpaired) electrons.